The lowest BCUT2D eigenvalue weighted by Crippen LogP contribution is -2.14. The Kier molecular flexibility index (Phi) is 4.92. The summed E-state index contributed by atoms with van der Waals surface area (Å²) in [5.41, 5.74) is 3.41. The second-order valence-electron chi connectivity index (χ2n) is 7.61. The molecule has 0 aliphatic carbocycles. The minimum Gasteiger partial charge on any atom is -0.451 e. The third-order valence-corrected chi connectivity index (χ3v) is 5.42. The molecule has 0 aliphatic rings. The average Bonchev–Trinajstić information content (AvgIpc) is 3.25. The van der Waals surface area contributed by atoms with E-state index >= 15 is 0 Å². The summed E-state index contributed by atoms with van der Waals surface area (Å²) in [6.07, 6.45) is 0. The summed E-state index contributed by atoms with van der Waals surface area (Å²) in [7, 11) is 0. The van der Waals surface area contributed by atoms with Crippen molar-refractivity contribution in [1.29, 1.82) is 0 Å². The Morgan fingerprint density at radius 2 is 1.47 bits per heavy atom. The number of amides is 2. The average molecular weight is 420 g/mol. The monoisotopic (exact) mass is 420 g/mol. The van der Waals surface area contributed by atoms with Crippen molar-refractivity contribution in [2.24, 2.45) is 0 Å². The van der Waals surface area contributed by atoms with Gasteiger partial charge in [0.25, 0.3) is 11.8 Å². The molecule has 5 aromatic rings. The van der Waals surface area contributed by atoms with Gasteiger partial charge in [-0.15, -0.1) is 0 Å². The number of benzene rings is 4. The van der Waals surface area contributed by atoms with Crippen LogP contribution in [-0.4, -0.2) is 11.8 Å². The number of para-hydroxylation sites is 1. The molecule has 0 bridgehead atoms. The van der Waals surface area contributed by atoms with Crippen molar-refractivity contribution >= 4 is 44.9 Å². The Morgan fingerprint density at radius 3 is 2.28 bits per heavy atom. The van der Waals surface area contributed by atoms with Crippen LogP contribution in [0.3, 0.4) is 0 Å². The van der Waals surface area contributed by atoms with Gasteiger partial charge in [0, 0.05) is 22.3 Å². The summed E-state index contributed by atoms with van der Waals surface area (Å²) in [5.74, 6) is -0.254. The lowest BCUT2D eigenvalue weighted by molar-refractivity contribution is 0.0996. The van der Waals surface area contributed by atoms with Crippen molar-refractivity contribution in [3.8, 4) is 0 Å². The van der Waals surface area contributed by atoms with Gasteiger partial charge in [-0.2, -0.15) is 0 Å². The molecule has 32 heavy (non-hydrogen) atoms. The highest BCUT2D eigenvalue weighted by atomic mass is 16.3. The van der Waals surface area contributed by atoms with Crippen molar-refractivity contribution < 1.29 is 14.0 Å². The standard InChI is InChI=1S/C27H20N2O3/c1-17-15-20(28-26(30)22-11-6-9-18-7-2-4-10-21(18)22)13-14-23(17)29-27(31)25-16-19-8-3-5-12-24(19)32-25/h2-16H,1H3,(H,28,30)(H,29,31). The van der Waals surface area contributed by atoms with Gasteiger partial charge in [-0.25, -0.2) is 0 Å². The fraction of sp³-hybridized carbons (Fsp3) is 0.0370. The van der Waals surface area contributed by atoms with Crippen LogP contribution in [-0.2, 0) is 0 Å². The first-order valence-electron chi connectivity index (χ1n) is 10.3. The van der Waals surface area contributed by atoms with Crippen LogP contribution in [0.5, 0.6) is 0 Å². The molecular formula is C27H20N2O3. The number of hydrogen-bond acceptors (Lipinski definition) is 3. The molecule has 1 heterocycles. The number of furan rings is 1. The molecule has 0 radical (unpaired) electrons. The van der Waals surface area contributed by atoms with E-state index in [-0.39, 0.29) is 17.6 Å². The fourth-order valence-electron chi connectivity index (χ4n) is 3.78. The van der Waals surface area contributed by atoms with Crippen LogP contribution >= 0.6 is 0 Å². The molecular weight excluding hydrogens is 400 g/mol. The molecule has 0 spiro atoms. The molecule has 0 aliphatic heterocycles. The summed E-state index contributed by atoms with van der Waals surface area (Å²) in [4.78, 5) is 25.5. The topological polar surface area (TPSA) is 71.3 Å². The van der Waals surface area contributed by atoms with E-state index in [9.17, 15) is 9.59 Å². The fourth-order valence-corrected chi connectivity index (χ4v) is 3.78. The number of anilines is 2. The predicted molar refractivity (Wildman–Crippen MR) is 127 cm³/mol. The minimum atomic E-state index is -0.322. The molecule has 156 valence electrons. The molecule has 5 rings (SSSR count). The van der Waals surface area contributed by atoms with Crippen molar-refractivity contribution in [1.82, 2.24) is 0 Å². The highest BCUT2D eigenvalue weighted by Crippen LogP contribution is 2.24. The highest BCUT2D eigenvalue weighted by molar-refractivity contribution is 6.13. The largest absolute Gasteiger partial charge is 0.451 e. The van der Waals surface area contributed by atoms with Gasteiger partial charge in [-0.05, 0) is 59.7 Å². The summed E-state index contributed by atoms with van der Waals surface area (Å²) >= 11 is 0. The maximum atomic E-state index is 12.9. The van der Waals surface area contributed by atoms with Gasteiger partial charge in [-0.3, -0.25) is 9.59 Å². The predicted octanol–water partition coefficient (Wildman–Crippen LogP) is 6.40. The lowest BCUT2D eigenvalue weighted by atomic mass is 10.0. The van der Waals surface area contributed by atoms with Crippen molar-refractivity contribution in [2.45, 2.75) is 6.92 Å². The van der Waals surface area contributed by atoms with Crippen LogP contribution in [0.25, 0.3) is 21.7 Å². The molecule has 0 atom stereocenters. The third-order valence-electron chi connectivity index (χ3n) is 5.42. The molecule has 2 N–H and O–H groups in total. The molecule has 1 aromatic heterocycles. The number of aryl methyl sites for hydroxylation is 1. The van der Waals surface area contributed by atoms with E-state index in [1.807, 2.05) is 79.7 Å². The molecule has 0 unspecified atom stereocenters. The third kappa shape index (κ3) is 3.72. The minimum absolute atomic E-state index is 0.180. The summed E-state index contributed by atoms with van der Waals surface area (Å²) in [5, 5.41) is 8.62. The zero-order chi connectivity index (χ0) is 22.1. The maximum Gasteiger partial charge on any atom is 0.291 e. The molecule has 0 saturated carbocycles. The quantitative estimate of drug-likeness (QED) is 0.353. The molecule has 5 nitrogen and oxygen atoms in total. The van der Waals surface area contributed by atoms with Gasteiger partial charge in [0.05, 0.1) is 0 Å². The first kappa shape index (κ1) is 19.6. The van der Waals surface area contributed by atoms with E-state index in [1.165, 1.54) is 0 Å². The highest BCUT2D eigenvalue weighted by Gasteiger charge is 2.14. The zero-order valence-corrected chi connectivity index (χ0v) is 17.4. The van der Waals surface area contributed by atoms with Crippen LogP contribution in [0.2, 0.25) is 0 Å². The number of carbonyl (C=O) groups is 2. The summed E-state index contributed by atoms with van der Waals surface area (Å²) in [6, 6.07) is 28.0. The van der Waals surface area contributed by atoms with Crippen LogP contribution in [0, 0.1) is 6.92 Å². The van der Waals surface area contributed by atoms with E-state index in [2.05, 4.69) is 10.6 Å². The smallest absolute Gasteiger partial charge is 0.291 e. The van der Waals surface area contributed by atoms with E-state index in [0.717, 1.165) is 21.7 Å². The number of rotatable bonds is 4. The number of nitrogens with one attached hydrogen (secondary N) is 2. The van der Waals surface area contributed by atoms with E-state index in [4.69, 9.17) is 4.42 Å². The Bertz CT molecular complexity index is 1440. The second-order valence-corrected chi connectivity index (χ2v) is 7.61. The molecule has 2 amide bonds. The lowest BCUT2D eigenvalue weighted by Gasteiger charge is -2.11. The second kappa shape index (κ2) is 8.04. The number of hydrogen-bond donors (Lipinski definition) is 2. The summed E-state index contributed by atoms with van der Waals surface area (Å²) < 4.78 is 5.63. The molecule has 0 fully saturated rings. The van der Waals surface area contributed by atoms with Gasteiger partial charge in [0.1, 0.15) is 5.58 Å². The first-order chi connectivity index (χ1) is 15.6. The van der Waals surface area contributed by atoms with Gasteiger partial charge >= 0.3 is 0 Å². The summed E-state index contributed by atoms with van der Waals surface area (Å²) in [6.45, 7) is 1.88. The molecule has 5 heteroatoms. The van der Waals surface area contributed by atoms with Crippen molar-refractivity contribution in [2.75, 3.05) is 10.6 Å². The van der Waals surface area contributed by atoms with Gasteiger partial charge < -0.3 is 15.1 Å². The van der Waals surface area contributed by atoms with Crippen LogP contribution in [0.4, 0.5) is 11.4 Å². The van der Waals surface area contributed by atoms with E-state index in [0.29, 0.717) is 22.5 Å². The molecule has 4 aromatic carbocycles. The van der Waals surface area contributed by atoms with Crippen LogP contribution in [0.15, 0.2) is 95.4 Å². The van der Waals surface area contributed by atoms with Crippen LogP contribution < -0.4 is 10.6 Å². The Hall–Kier alpha value is -4.38. The van der Waals surface area contributed by atoms with E-state index in [1.54, 1.807) is 18.2 Å². The van der Waals surface area contributed by atoms with Crippen LogP contribution in [0.1, 0.15) is 26.5 Å². The maximum absolute atomic E-state index is 12.9. The Morgan fingerprint density at radius 1 is 0.719 bits per heavy atom. The SMILES string of the molecule is Cc1cc(NC(=O)c2cccc3ccccc23)ccc1NC(=O)c1cc2ccccc2o1. The zero-order valence-electron chi connectivity index (χ0n) is 17.4. The molecule has 0 saturated heterocycles. The number of fused-ring (bicyclic) bond motifs is 2. The number of carbonyl (C=O) groups excluding carboxylic acids is 2. The normalized spacial score (nSPS) is 10.9. The Balaban J connectivity index is 1.33. The van der Waals surface area contributed by atoms with Crippen molar-refractivity contribution in [3.05, 3.63) is 108 Å². The van der Waals surface area contributed by atoms with Crippen molar-refractivity contribution in [3.63, 3.8) is 0 Å². The van der Waals surface area contributed by atoms with E-state index < -0.39 is 0 Å². The van der Waals surface area contributed by atoms with Gasteiger partial charge in [0.2, 0.25) is 0 Å². The van der Waals surface area contributed by atoms with Gasteiger partial charge in [0.15, 0.2) is 5.76 Å². The Labute approximate surface area is 184 Å². The first-order valence-corrected chi connectivity index (χ1v) is 10.3. The van der Waals surface area contributed by atoms with Gasteiger partial charge in [-0.1, -0.05) is 54.6 Å².